The second kappa shape index (κ2) is 12.4. The van der Waals surface area contributed by atoms with E-state index in [1.165, 1.54) is 0 Å². The average Bonchev–Trinajstić information content (AvgIpc) is 2.67. The Morgan fingerprint density at radius 2 is 1.04 bits per heavy atom. The molecule has 0 fully saturated rings. The van der Waals surface area contributed by atoms with Crippen LogP contribution in [0.1, 0.15) is 11.4 Å². The van der Waals surface area contributed by atoms with E-state index in [0.717, 1.165) is 22.8 Å². The maximum absolute atomic E-state index is 4.62. The molecule has 0 bridgehead atoms. The summed E-state index contributed by atoms with van der Waals surface area (Å²) in [5, 5.41) is 9.09. The summed E-state index contributed by atoms with van der Waals surface area (Å²) >= 11 is 6.32. The molecule has 6 heteroatoms. The zero-order chi connectivity index (χ0) is 17.7. The Bertz CT molecular complexity index is 668. The molecule has 0 atom stereocenters. The third kappa shape index (κ3) is 8.30. The Morgan fingerprint density at radius 1 is 0.640 bits per heavy atom. The van der Waals surface area contributed by atoms with Crippen molar-refractivity contribution in [2.24, 2.45) is 0 Å². The van der Waals surface area contributed by atoms with E-state index in [0.29, 0.717) is 13.1 Å². The second-order valence-corrected chi connectivity index (χ2v) is 16.3. The molecule has 0 N–H and O–H groups in total. The van der Waals surface area contributed by atoms with Crippen molar-refractivity contribution in [1.82, 2.24) is 4.98 Å². The van der Waals surface area contributed by atoms with Crippen molar-refractivity contribution < 1.29 is 18.5 Å². The van der Waals surface area contributed by atoms with Gasteiger partial charge in [-0.15, -0.1) is 11.4 Å². The molecular weight excluding hydrogens is 521 g/mol. The number of hydrogen-bond acceptors (Lipinski definition) is 1. The summed E-state index contributed by atoms with van der Waals surface area (Å²) in [4.78, 5) is 4.62. The van der Waals surface area contributed by atoms with E-state index in [4.69, 9.17) is 0 Å². The van der Waals surface area contributed by atoms with Crippen molar-refractivity contribution in [2.45, 2.75) is 13.1 Å². The standard InChI is InChI=1S/C19H17N3.2BrH.Zr/c1-3-8-16(9-4-1)20-14-18-12-7-13-19(22-18)15-21-17-10-5-2-6-11-17;;;/h1-13H,14-15H2;2*1H;/q-2;;;+4/p-2. The number of benzene rings is 2. The Kier molecular flexibility index (Phi) is 10.1. The van der Waals surface area contributed by atoms with Gasteiger partial charge in [0.15, 0.2) is 0 Å². The van der Waals surface area contributed by atoms with Crippen molar-refractivity contribution in [1.29, 1.82) is 0 Å². The minimum absolute atomic E-state index is 0.145. The molecule has 3 rings (SSSR count). The molecule has 126 valence electrons. The molecule has 0 spiro atoms. The molecule has 3 aromatic rings. The van der Waals surface area contributed by atoms with E-state index in [1.807, 2.05) is 78.9 Å². The zero-order valence-corrected chi connectivity index (χ0v) is 19.1. The fraction of sp³-hybridized carbons (Fsp3) is 0.105. The predicted octanol–water partition coefficient (Wildman–Crippen LogP) is 7.18. The molecule has 0 radical (unpaired) electrons. The number of rotatable bonds is 6. The van der Waals surface area contributed by atoms with Crippen molar-refractivity contribution in [3.05, 3.63) is 101 Å². The Labute approximate surface area is 172 Å². The van der Waals surface area contributed by atoms with E-state index < -0.39 is 0 Å². The van der Waals surface area contributed by atoms with E-state index in [-0.39, 0.29) is 18.5 Å². The van der Waals surface area contributed by atoms with Crippen LogP contribution in [-0.2, 0) is 31.6 Å². The average molecular weight is 538 g/mol. The van der Waals surface area contributed by atoms with Crippen LogP contribution in [0, 0.1) is 0 Å². The molecule has 3 nitrogen and oxygen atoms in total. The third-order valence-electron chi connectivity index (χ3n) is 3.22. The van der Waals surface area contributed by atoms with Crippen LogP contribution in [0.15, 0.2) is 78.9 Å². The van der Waals surface area contributed by atoms with Crippen LogP contribution in [0.4, 0.5) is 11.4 Å². The quantitative estimate of drug-likeness (QED) is 0.328. The number of halogens is 2. The Hall–Kier alpha value is -0.967. The molecule has 0 saturated carbocycles. The van der Waals surface area contributed by atoms with Gasteiger partial charge in [0, 0.05) is 11.4 Å². The molecule has 2 aromatic carbocycles. The van der Waals surface area contributed by atoms with Crippen LogP contribution < -0.4 is 0 Å². The van der Waals surface area contributed by atoms with Crippen LogP contribution in [0.25, 0.3) is 10.6 Å². The summed E-state index contributed by atoms with van der Waals surface area (Å²) < 4.78 is 0. The van der Waals surface area contributed by atoms with Crippen LogP contribution in [0.2, 0.25) is 0 Å². The van der Waals surface area contributed by atoms with E-state index >= 15 is 0 Å². The van der Waals surface area contributed by atoms with Gasteiger partial charge in [-0.05, 0) is 12.1 Å². The van der Waals surface area contributed by atoms with Crippen LogP contribution in [0.3, 0.4) is 0 Å². The minimum atomic E-state index is -0.145. The van der Waals surface area contributed by atoms with Gasteiger partial charge in [0.05, 0.1) is 0 Å². The first-order valence-electron chi connectivity index (χ1n) is 7.68. The van der Waals surface area contributed by atoms with Crippen molar-refractivity contribution in [3.63, 3.8) is 0 Å². The molecular formula is C19H17Br2N3Zr. The summed E-state index contributed by atoms with van der Waals surface area (Å²) in [6.07, 6.45) is 0. The topological polar surface area (TPSA) is 41.1 Å². The molecule has 0 aliphatic carbocycles. The molecule has 0 aliphatic heterocycles. The van der Waals surface area contributed by atoms with Crippen molar-refractivity contribution in [3.8, 4) is 0 Å². The molecule has 0 saturated heterocycles. The largest absolute Gasteiger partial charge is 0.679 e. The van der Waals surface area contributed by atoms with Gasteiger partial charge in [-0.1, -0.05) is 79.8 Å². The third-order valence-corrected chi connectivity index (χ3v) is 3.22. The normalized spacial score (nSPS) is 9.36. The predicted molar refractivity (Wildman–Crippen MR) is 108 cm³/mol. The van der Waals surface area contributed by atoms with Gasteiger partial charge in [-0.25, -0.2) is 0 Å². The van der Waals surface area contributed by atoms with Gasteiger partial charge in [0.25, 0.3) is 0 Å². The number of para-hydroxylation sites is 2. The molecule has 1 heterocycles. The molecule has 1 aromatic heterocycles. The molecule has 0 amide bonds. The van der Waals surface area contributed by atoms with Crippen LogP contribution in [-0.4, -0.2) is 4.98 Å². The van der Waals surface area contributed by atoms with Gasteiger partial charge >= 0.3 is 43.0 Å². The van der Waals surface area contributed by atoms with E-state index in [9.17, 15) is 0 Å². The fourth-order valence-electron chi connectivity index (χ4n) is 2.12. The summed E-state index contributed by atoms with van der Waals surface area (Å²) in [6, 6.07) is 25.9. The molecule has 25 heavy (non-hydrogen) atoms. The van der Waals surface area contributed by atoms with Gasteiger partial charge in [0.1, 0.15) is 0 Å². The summed E-state index contributed by atoms with van der Waals surface area (Å²) in [6.45, 7) is 1.17. The first-order valence-corrected chi connectivity index (χ1v) is 18.9. The van der Waals surface area contributed by atoms with Crippen LogP contribution >= 0.6 is 24.4 Å². The van der Waals surface area contributed by atoms with Crippen molar-refractivity contribution in [2.75, 3.05) is 0 Å². The zero-order valence-electron chi connectivity index (χ0n) is 13.5. The first-order chi connectivity index (χ1) is 12.3. The van der Waals surface area contributed by atoms with Gasteiger partial charge in [-0.3, -0.25) is 4.98 Å². The molecule has 0 unspecified atom stereocenters. The maximum Gasteiger partial charge on any atom is 0.0230 e. The van der Waals surface area contributed by atoms with Gasteiger partial charge in [0.2, 0.25) is 0 Å². The van der Waals surface area contributed by atoms with E-state index in [1.54, 1.807) is 0 Å². The fourth-order valence-corrected chi connectivity index (χ4v) is 2.12. The summed E-state index contributed by atoms with van der Waals surface area (Å²) in [5.74, 6) is 0. The van der Waals surface area contributed by atoms with Gasteiger partial charge in [-0.2, -0.15) is 0 Å². The number of nitrogens with zero attached hydrogens (tertiary/aromatic N) is 3. The maximum atomic E-state index is 4.62. The van der Waals surface area contributed by atoms with Crippen LogP contribution in [0.5, 0.6) is 0 Å². The number of pyridine rings is 1. The Balaban J connectivity index is 0.000000701. The second-order valence-electron chi connectivity index (χ2n) is 5.00. The summed E-state index contributed by atoms with van der Waals surface area (Å²) in [7, 11) is 0. The van der Waals surface area contributed by atoms with E-state index in [2.05, 4.69) is 40.1 Å². The van der Waals surface area contributed by atoms with Crippen molar-refractivity contribution >= 4 is 35.8 Å². The SMILES string of the molecule is [Br][Zr+2][Br].c1ccc([N-]Cc2cccc(C[N-]c3ccccc3)n2)cc1. The van der Waals surface area contributed by atoms with Gasteiger partial charge < -0.3 is 10.6 Å². The monoisotopic (exact) mass is 535 g/mol. The Morgan fingerprint density at radius 3 is 1.44 bits per heavy atom. The first kappa shape index (κ1) is 20.3. The minimum Gasteiger partial charge on any atom is -0.679 e. The smallest absolute Gasteiger partial charge is 0.0230 e. The number of aromatic nitrogens is 1. The molecule has 0 aliphatic rings. The number of hydrogen-bond donors (Lipinski definition) is 0. The summed E-state index contributed by atoms with van der Waals surface area (Å²) in [5.41, 5.74) is 3.88.